The largest absolute Gasteiger partial charge is 0.444 e. The predicted molar refractivity (Wildman–Crippen MR) is 99.2 cm³/mol. The number of carbonyl (C=O) groups is 3. The average molecular weight is 373 g/mol. The SMILES string of the molecule is CC(C)(C)OC(=O)NCC(=O)Nc1ncn(Cc2ccccc2)c1C(N)=O. The molecule has 0 spiro atoms. The van der Waals surface area contributed by atoms with Gasteiger partial charge in [-0.25, -0.2) is 9.78 Å². The van der Waals surface area contributed by atoms with Gasteiger partial charge in [-0.05, 0) is 26.3 Å². The molecule has 0 fully saturated rings. The van der Waals surface area contributed by atoms with Crippen LogP contribution in [0.3, 0.4) is 0 Å². The number of aromatic nitrogens is 2. The lowest BCUT2D eigenvalue weighted by molar-refractivity contribution is -0.115. The number of anilines is 1. The van der Waals surface area contributed by atoms with E-state index in [9.17, 15) is 14.4 Å². The Morgan fingerprint density at radius 2 is 1.85 bits per heavy atom. The Hall–Kier alpha value is -3.36. The predicted octanol–water partition coefficient (Wildman–Crippen LogP) is 1.49. The van der Waals surface area contributed by atoms with Crippen LogP contribution < -0.4 is 16.4 Å². The number of amides is 3. The molecule has 9 nitrogen and oxygen atoms in total. The van der Waals surface area contributed by atoms with Crippen molar-refractivity contribution >= 4 is 23.7 Å². The van der Waals surface area contributed by atoms with Crippen LogP contribution in [0, 0.1) is 0 Å². The molecule has 0 radical (unpaired) electrons. The maximum Gasteiger partial charge on any atom is 0.408 e. The van der Waals surface area contributed by atoms with Gasteiger partial charge in [-0.1, -0.05) is 30.3 Å². The summed E-state index contributed by atoms with van der Waals surface area (Å²) in [4.78, 5) is 39.5. The van der Waals surface area contributed by atoms with E-state index in [0.29, 0.717) is 6.54 Å². The minimum atomic E-state index is -0.723. The summed E-state index contributed by atoms with van der Waals surface area (Å²) in [7, 11) is 0. The molecule has 4 N–H and O–H groups in total. The smallest absolute Gasteiger partial charge is 0.408 e. The fourth-order valence-electron chi connectivity index (χ4n) is 2.27. The maximum atomic E-state index is 12.0. The van der Waals surface area contributed by atoms with E-state index < -0.39 is 23.5 Å². The second-order valence-corrected chi connectivity index (χ2v) is 6.82. The molecule has 0 aliphatic rings. The molecule has 0 unspecified atom stereocenters. The van der Waals surface area contributed by atoms with Crippen molar-refractivity contribution in [2.24, 2.45) is 5.73 Å². The van der Waals surface area contributed by atoms with Crippen LogP contribution in [-0.4, -0.2) is 39.6 Å². The van der Waals surface area contributed by atoms with E-state index in [2.05, 4.69) is 15.6 Å². The van der Waals surface area contributed by atoms with Crippen molar-refractivity contribution in [1.82, 2.24) is 14.9 Å². The first-order valence-electron chi connectivity index (χ1n) is 8.31. The summed E-state index contributed by atoms with van der Waals surface area (Å²) in [5.74, 6) is -1.25. The summed E-state index contributed by atoms with van der Waals surface area (Å²) in [6.07, 6.45) is 0.701. The van der Waals surface area contributed by atoms with Crippen molar-refractivity contribution in [2.45, 2.75) is 32.9 Å². The molecule has 1 aromatic carbocycles. The summed E-state index contributed by atoms with van der Waals surface area (Å²) in [5, 5.41) is 4.80. The zero-order chi connectivity index (χ0) is 20.0. The Morgan fingerprint density at radius 3 is 2.44 bits per heavy atom. The van der Waals surface area contributed by atoms with Gasteiger partial charge in [-0.2, -0.15) is 0 Å². The van der Waals surface area contributed by atoms with Crippen molar-refractivity contribution in [3.8, 4) is 0 Å². The maximum absolute atomic E-state index is 12.0. The number of imidazole rings is 1. The normalized spacial score (nSPS) is 10.9. The first-order valence-corrected chi connectivity index (χ1v) is 8.31. The lowest BCUT2D eigenvalue weighted by Gasteiger charge is -2.19. The van der Waals surface area contributed by atoms with Crippen molar-refractivity contribution in [1.29, 1.82) is 0 Å². The quantitative estimate of drug-likeness (QED) is 0.707. The zero-order valence-electron chi connectivity index (χ0n) is 15.5. The summed E-state index contributed by atoms with van der Waals surface area (Å²) in [6, 6.07) is 9.43. The zero-order valence-corrected chi connectivity index (χ0v) is 15.5. The molecule has 3 amide bonds. The summed E-state index contributed by atoms with van der Waals surface area (Å²) >= 11 is 0. The Kier molecular flexibility index (Phi) is 6.17. The molecule has 0 saturated carbocycles. The Labute approximate surface area is 156 Å². The highest BCUT2D eigenvalue weighted by Crippen LogP contribution is 2.15. The molecule has 2 aromatic rings. The van der Waals surface area contributed by atoms with Gasteiger partial charge in [0.25, 0.3) is 5.91 Å². The Balaban J connectivity index is 2.02. The second kappa shape index (κ2) is 8.35. The van der Waals surface area contributed by atoms with Gasteiger partial charge in [0, 0.05) is 6.54 Å². The van der Waals surface area contributed by atoms with Crippen LogP contribution in [0.5, 0.6) is 0 Å². The van der Waals surface area contributed by atoms with E-state index >= 15 is 0 Å². The molecule has 0 bridgehead atoms. The van der Waals surface area contributed by atoms with Crippen LogP contribution in [0.25, 0.3) is 0 Å². The lowest BCUT2D eigenvalue weighted by atomic mass is 10.2. The van der Waals surface area contributed by atoms with Gasteiger partial charge in [0.2, 0.25) is 5.91 Å². The minimum absolute atomic E-state index is 0.0365. The molecule has 144 valence electrons. The number of hydrogen-bond acceptors (Lipinski definition) is 5. The monoisotopic (exact) mass is 373 g/mol. The number of alkyl carbamates (subject to hydrolysis) is 1. The van der Waals surface area contributed by atoms with Gasteiger partial charge < -0.3 is 25.7 Å². The number of carbonyl (C=O) groups excluding carboxylic acids is 3. The number of benzene rings is 1. The summed E-state index contributed by atoms with van der Waals surface area (Å²) < 4.78 is 6.60. The molecular weight excluding hydrogens is 350 g/mol. The number of hydrogen-bond donors (Lipinski definition) is 3. The number of ether oxygens (including phenoxy) is 1. The third-order valence-corrected chi connectivity index (χ3v) is 3.32. The fraction of sp³-hybridized carbons (Fsp3) is 0.333. The van der Waals surface area contributed by atoms with Crippen molar-refractivity contribution in [3.05, 3.63) is 47.9 Å². The number of nitrogens with one attached hydrogen (secondary N) is 2. The molecule has 9 heteroatoms. The molecule has 1 heterocycles. The van der Waals surface area contributed by atoms with Gasteiger partial charge in [-0.3, -0.25) is 9.59 Å². The summed E-state index contributed by atoms with van der Waals surface area (Å²) in [5.41, 5.74) is 5.79. The van der Waals surface area contributed by atoms with Crippen molar-refractivity contribution < 1.29 is 19.1 Å². The third kappa shape index (κ3) is 6.14. The van der Waals surface area contributed by atoms with E-state index in [0.717, 1.165) is 5.56 Å². The molecule has 0 atom stereocenters. The Bertz CT molecular complexity index is 824. The number of primary amides is 1. The van der Waals surface area contributed by atoms with E-state index in [1.165, 1.54) is 6.33 Å². The first kappa shape index (κ1) is 20.0. The van der Waals surface area contributed by atoms with Crippen LogP contribution in [-0.2, 0) is 16.1 Å². The van der Waals surface area contributed by atoms with Crippen LogP contribution in [0.4, 0.5) is 10.6 Å². The average Bonchev–Trinajstić information content (AvgIpc) is 2.94. The Morgan fingerprint density at radius 1 is 1.19 bits per heavy atom. The summed E-state index contributed by atoms with van der Waals surface area (Å²) in [6.45, 7) is 5.18. The molecule has 0 saturated heterocycles. The topological polar surface area (TPSA) is 128 Å². The van der Waals surface area contributed by atoms with Crippen molar-refractivity contribution in [2.75, 3.05) is 11.9 Å². The lowest BCUT2D eigenvalue weighted by Crippen LogP contribution is -2.37. The molecular formula is C18H23N5O4. The van der Waals surface area contributed by atoms with E-state index in [1.54, 1.807) is 25.3 Å². The van der Waals surface area contributed by atoms with Crippen LogP contribution in [0.15, 0.2) is 36.7 Å². The van der Waals surface area contributed by atoms with Gasteiger partial charge in [0.1, 0.15) is 12.1 Å². The number of nitrogens with zero attached hydrogens (tertiary/aromatic N) is 2. The number of rotatable bonds is 6. The molecule has 27 heavy (non-hydrogen) atoms. The molecule has 1 aromatic heterocycles. The van der Waals surface area contributed by atoms with E-state index in [-0.39, 0.29) is 18.1 Å². The molecule has 2 rings (SSSR count). The highest BCUT2D eigenvalue weighted by atomic mass is 16.6. The molecule has 0 aliphatic carbocycles. The highest BCUT2D eigenvalue weighted by molar-refractivity contribution is 6.01. The molecule has 0 aliphatic heterocycles. The van der Waals surface area contributed by atoms with Gasteiger partial charge in [0.05, 0.1) is 6.33 Å². The second-order valence-electron chi connectivity index (χ2n) is 6.82. The standard InChI is InChI=1S/C18H23N5O4/c1-18(2,3)27-17(26)20-9-13(24)22-16-14(15(19)25)23(11-21-16)10-12-7-5-4-6-8-12/h4-8,11H,9-10H2,1-3H3,(H2,19,25)(H,20,26)(H,22,24). The van der Waals surface area contributed by atoms with E-state index in [4.69, 9.17) is 10.5 Å². The minimum Gasteiger partial charge on any atom is -0.444 e. The highest BCUT2D eigenvalue weighted by Gasteiger charge is 2.20. The van der Waals surface area contributed by atoms with Gasteiger partial charge in [-0.15, -0.1) is 0 Å². The van der Waals surface area contributed by atoms with Crippen LogP contribution in [0.2, 0.25) is 0 Å². The first-order chi connectivity index (χ1) is 12.7. The fourth-order valence-corrected chi connectivity index (χ4v) is 2.27. The van der Waals surface area contributed by atoms with Gasteiger partial charge >= 0.3 is 6.09 Å². The van der Waals surface area contributed by atoms with Gasteiger partial charge in [0.15, 0.2) is 11.5 Å². The van der Waals surface area contributed by atoms with E-state index in [1.807, 2.05) is 30.3 Å². The van der Waals surface area contributed by atoms with Crippen molar-refractivity contribution in [3.63, 3.8) is 0 Å². The van der Waals surface area contributed by atoms with Crippen LogP contribution in [0.1, 0.15) is 36.8 Å². The van der Waals surface area contributed by atoms with Crippen LogP contribution >= 0.6 is 0 Å². The number of nitrogens with two attached hydrogens (primary N) is 1. The third-order valence-electron chi connectivity index (χ3n) is 3.32.